The molecule has 0 N–H and O–H groups in total. The maximum Gasteiger partial charge on any atom is 0.189 e. The van der Waals surface area contributed by atoms with E-state index in [2.05, 4.69) is 0 Å². The first kappa shape index (κ1) is 24.9. The second kappa shape index (κ2) is 13.6. The lowest BCUT2D eigenvalue weighted by atomic mass is 10.2. The van der Waals surface area contributed by atoms with Crippen LogP contribution in [0.5, 0.6) is 11.5 Å². The van der Waals surface area contributed by atoms with E-state index in [9.17, 15) is 0 Å². The fourth-order valence-corrected chi connectivity index (χ4v) is 5.27. The molecule has 0 aromatic heterocycles. The van der Waals surface area contributed by atoms with Gasteiger partial charge in [0.2, 0.25) is 0 Å². The number of rotatable bonds is 13. The molecule has 0 aliphatic carbocycles. The molecule has 0 bridgehead atoms. The van der Waals surface area contributed by atoms with Crippen LogP contribution in [0.25, 0.3) is 0 Å². The van der Waals surface area contributed by atoms with Crippen molar-refractivity contribution in [2.24, 2.45) is 0 Å². The molecule has 0 radical (unpaired) electrons. The van der Waals surface area contributed by atoms with Crippen LogP contribution in [0.3, 0.4) is 0 Å². The normalized spacial score (nSPS) is 10.9. The van der Waals surface area contributed by atoms with Gasteiger partial charge in [0.1, 0.15) is 11.5 Å². The van der Waals surface area contributed by atoms with Gasteiger partial charge < -0.3 is 23.5 Å². The van der Waals surface area contributed by atoms with Crippen molar-refractivity contribution in [2.45, 2.75) is 13.2 Å². The van der Waals surface area contributed by atoms with E-state index in [1.165, 1.54) is 0 Å². The van der Waals surface area contributed by atoms with E-state index in [0.717, 1.165) is 33.2 Å². The van der Waals surface area contributed by atoms with E-state index >= 15 is 0 Å². The average Bonchev–Trinajstić information content (AvgIpc) is 2.92. The van der Waals surface area contributed by atoms with Gasteiger partial charge in [-0.25, -0.2) is 0 Å². The second-order valence-corrected chi connectivity index (χ2v) is 9.52. The van der Waals surface area contributed by atoms with Crippen molar-refractivity contribution in [3.8, 4) is 11.5 Å². The molecule has 4 aromatic rings. The molecule has 6 heteroatoms. The highest BCUT2D eigenvalue weighted by Crippen LogP contribution is 2.40. The molecule has 0 fully saturated rings. The van der Waals surface area contributed by atoms with E-state index in [1.807, 2.05) is 109 Å². The summed E-state index contributed by atoms with van der Waals surface area (Å²) in [7, 11) is 0.525. The van der Waals surface area contributed by atoms with E-state index in [1.54, 1.807) is 7.11 Å². The summed E-state index contributed by atoms with van der Waals surface area (Å²) in [4.78, 5) is 0. The summed E-state index contributed by atoms with van der Waals surface area (Å²) < 4.78 is 29.4. The first-order chi connectivity index (χ1) is 17.3. The van der Waals surface area contributed by atoms with Crippen LogP contribution in [0.2, 0.25) is 0 Å². The van der Waals surface area contributed by atoms with Crippen LogP contribution < -0.4 is 20.1 Å². The van der Waals surface area contributed by atoms with Crippen molar-refractivity contribution < 1.29 is 23.5 Å². The Labute approximate surface area is 208 Å². The smallest absolute Gasteiger partial charge is 0.189 e. The van der Waals surface area contributed by atoms with Gasteiger partial charge in [-0.2, -0.15) is 0 Å². The molecule has 0 saturated heterocycles. The van der Waals surface area contributed by atoms with Crippen molar-refractivity contribution in [1.82, 2.24) is 0 Å². The number of hydrogen-bond acceptors (Lipinski definition) is 5. The fraction of sp³-hybridized carbons (Fsp3) is 0.172. The zero-order chi connectivity index (χ0) is 24.1. The van der Waals surface area contributed by atoms with Gasteiger partial charge in [-0.3, -0.25) is 0 Å². The molecule has 0 aliphatic rings. The predicted molar refractivity (Wildman–Crippen MR) is 140 cm³/mol. The highest BCUT2D eigenvalue weighted by molar-refractivity contribution is 7.69. The summed E-state index contributed by atoms with van der Waals surface area (Å²) >= 11 is 0. The molecule has 0 unspecified atom stereocenters. The summed E-state index contributed by atoms with van der Waals surface area (Å²) in [6.07, 6.45) is 0. The summed E-state index contributed by atoms with van der Waals surface area (Å²) in [5, 5.41) is 1.91. The zero-order valence-corrected chi connectivity index (χ0v) is 20.6. The number of hydrogen-bond donors (Lipinski definition) is 0. The molecule has 0 heterocycles. The van der Waals surface area contributed by atoms with Gasteiger partial charge in [-0.05, 0) is 35.4 Å². The van der Waals surface area contributed by atoms with Crippen LogP contribution in [0.4, 0.5) is 0 Å². The Kier molecular flexibility index (Phi) is 9.69. The molecular weight excluding hydrogens is 459 g/mol. The van der Waals surface area contributed by atoms with E-state index in [4.69, 9.17) is 23.5 Å². The maximum atomic E-state index is 6.00. The monoisotopic (exact) mass is 488 g/mol. The lowest BCUT2D eigenvalue weighted by Crippen LogP contribution is -2.19. The molecule has 35 heavy (non-hydrogen) atoms. The summed E-state index contributed by atoms with van der Waals surface area (Å²) in [5.74, 6) is 1.45. The Bertz CT molecular complexity index is 1060. The standard InChI is InChI=1S/C29H29O5P/c1-30-35(28-18-10-8-16-26(28)33-22-31-20-24-12-4-2-5-13-24)29-19-11-9-17-27(29)34-23-32-21-25-14-6-3-7-15-25/h2-19H,20-23H2,1H3. The molecule has 0 aliphatic heterocycles. The Morgan fingerprint density at radius 1 is 0.514 bits per heavy atom. The van der Waals surface area contributed by atoms with Gasteiger partial charge in [0.25, 0.3) is 0 Å². The quantitative estimate of drug-likeness (QED) is 0.136. The topological polar surface area (TPSA) is 46.2 Å². The SMILES string of the molecule is COP(c1ccccc1OCOCc1ccccc1)c1ccccc1OCOCc1ccccc1. The maximum absolute atomic E-state index is 6.00. The highest BCUT2D eigenvalue weighted by atomic mass is 31.1. The van der Waals surface area contributed by atoms with Crippen LogP contribution in [-0.4, -0.2) is 20.7 Å². The minimum atomic E-state index is -1.18. The number of ether oxygens (including phenoxy) is 4. The molecular formula is C29H29O5P. The minimum absolute atomic E-state index is 0.143. The largest absolute Gasteiger partial charge is 0.467 e. The van der Waals surface area contributed by atoms with Crippen molar-refractivity contribution in [3.63, 3.8) is 0 Å². The zero-order valence-electron chi connectivity index (χ0n) is 19.7. The number of benzene rings is 4. The third kappa shape index (κ3) is 7.38. The van der Waals surface area contributed by atoms with Crippen molar-refractivity contribution >= 4 is 18.8 Å². The summed E-state index contributed by atoms with van der Waals surface area (Å²) in [6.45, 7) is 1.26. The summed E-state index contributed by atoms with van der Waals surface area (Å²) in [6, 6.07) is 35.8. The van der Waals surface area contributed by atoms with Crippen LogP contribution in [0, 0.1) is 0 Å². The van der Waals surface area contributed by atoms with Gasteiger partial charge in [0.15, 0.2) is 13.6 Å². The Morgan fingerprint density at radius 3 is 1.34 bits per heavy atom. The third-order valence-corrected chi connectivity index (χ3v) is 7.15. The van der Waals surface area contributed by atoms with E-state index < -0.39 is 8.15 Å². The lowest BCUT2D eigenvalue weighted by Gasteiger charge is -2.21. The Balaban J connectivity index is 1.40. The lowest BCUT2D eigenvalue weighted by molar-refractivity contribution is 0.00559. The molecule has 4 aromatic carbocycles. The molecule has 5 nitrogen and oxygen atoms in total. The first-order valence-electron chi connectivity index (χ1n) is 11.4. The first-order valence-corrected chi connectivity index (χ1v) is 12.6. The van der Waals surface area contributed by atoms with E-state index in [-0.39, 0.29) is 13.6 Å². The molecule has 0 saturated carbocycles. The molecule has 0 atom stereocenters. The van der Waals surface area contributed by atoms with E-state index in [0.29, 0.717) is 13.2 Å². The van der Waals surface area contributed by atoms with Gasteiger partial charge >= 0.3 is 0 Å². The summed E-state index contributed by atoms with van der Waals surface area (Å²) in [5.41, 5.74) is 2.20. The second-order valence-electron chi connectivity index (χ2n) is 7.60. The average molecular weight is 489 g/mol. The fourth-order valence-electron chi connectivity index (χ4n) is 3.50. The van der Waals surface area contributed by atoms with Crippen LogP contribution >= 0.6 is 8.15 Å². The van der Waals surface area contributed by atoms with Gasteiger partial charge in [0, 0.05) is 17.7 Å². The van der Waals surface area contributed by atoms with Crippen molar-refractivity contribution in [1.29, 1.82) is 0 Å². The Hall–Kier alpha value is -3.21. The highest BCUT2D eigenvalue weighted by Gasteiger charge is 2.22. The van der Waals surface area contributed by atoms with Gasteiger partial charge in [-0.15, -0.1) is 0 Å². The van der Waals surface area contributed by atoms with Gasteiger partial charge in [-0.1, -0.05) is 84.9 Å². The number of para-hydroxylation sites is 2. The van der Waals surface area contributed by atoms with Crippen LogP contribution in [0.1, 0.15) is 11.1 Å². The predicted octanol–water partition coefficient (Wildman–Crippen LogP) is 5.79. The molecule has 180 valence electrons. The van der Waals surface area contributed by atoms with Crippen molar-refractivity contribution in [2.75, 3.05) is 20.7 Å². The molecule has 0 amide bonds. The third-order valence-electron chi connectivity index (χ3n) is 5.17. The van der Waals surface area contributed by atoms with Crippen molar-refractivity contribution in [3.05, 3.63) is 120 Å². The van der Waals surface area contributed by atoms with Gasteiger partial charge in [0.05, 0.1) is 21.4 Å². The minimum Gasteiger partial charge on any atom is -0.467 e. The Morgan fingerprint density at radius 2 is 0.914 bits per heavy atom. The molecule has 0 spiro atoms. The van der Waals surface area contributed by atoms with Crippen LogP contribution in [0.15, 0.2) is 109 Å². The molecule has 4 rings (SSSR count). The van der Waals surface area contributed by atoms with Crippen LogP contribution in [-0.2, 0) is 27.2 Å².